The molecule has 1 spiro atoms. The maximum absolute atomic E-state index is 12.9. The van der Waals surface area contributed by atoms with Crippen molar-refractivity contribution in [1.29, 1.82) is 0 Å². The Morgan fingerprint density at radius 3 is 2.48 bits per heavy atom. The maximum atomic E-state index is 12.9. The number of fused-ring (bicyclic) bond motifs is 2. The monoisotopic (exact) mass is 395 g/mol. The second-order valence-electron chi connectivity index (χ2n) is 9.89. The molecule has 1 aromatic rings. The highest BCUT2D eigenvalue weighted by Crippen LogP contribution is 2.44. The van der Waals surface area contributed by atoms with Crippen LogP contribution in [0.3, 0.4) is 0 Å². The van der Waals surface area contributed by atoms with Gasteiger partial charge in [0.1, 0.15) is 0 Å². The van der Waals surface area contributed by atoms with Crippen molar-refractivity contribution in [3.63, 3.8) is 0 Å². The minimum Gasteiger partial charge on any atom is -0.350 e. The number of amides is 2. The summed E-state index contributed by atoms with van der Waals surface area (Å²) in [7, 11) is 0. The van der Waals surface area contributed by atoms with E-state index in [-0.39, 0.29) is 23.3 Å². The summed E-state index contributed by atoms with van der Waals surface area (Å²) in [4.78, 5) is 30.2. The predicted molar refractivity (Wildman–Crippen MR) is 113 cm³/mol. The van der Waals surface area contributed by atoms with Gasteiger partial charge in [0.2, 0.25) is 5.91 Å². The molecule has 5 rings (SSSR count). The van der Waals surface area contributed by atoms with Crippen molar-refractivity contribution in [2.24, 2.45) is 17.8 Å². The average Bonchev–Trinajstić information content (AvgIpc) is 3.43. The molecule has 0 aromatic heterocycles. The quantitative estimate of drug-likeness (QED) is 0.856. The number of aryl methyl sites for hydroxylation is 1. The fraction of sp³-hybridized carbons (Fsp3) is 0.667. The van der Waals surface area contributed by atoms with Gasteiger partial charge < -0.3 is 15.1 Å². The highest BCUT2D eigenvalue weighted by Gasteiger charge is 2.57. The van der Waals surface area contributed by atoms with E-state index >= 15 is 0 Å². The van der Waals surface area contributed by atoms with E-state index in [0.717, 1.165) is 50.5 Å². The molecule has 4 aliphatic rings. The highest BCUT2D eigenvalue weighted by molar-refractivity contribution is 5.94. The lowest BCUT2D eigenvalue weighted by Gasteiger charge is -2.43. The number of benzene rings is 1. The molecule has 29 heavy (non-hydrogen) atoms. The van der Waals surface area contributed by atoms with Gasteiger partial charge in [0, 0.05) is 49.7 Å². The first-order valence-corrected chi connectivity index (χ1v) is 11.4. The minimum atomic E-state index is -0.101. The molecule has 3 heterocycles. The van der Waals surface area contributed by atoms with Gasteiger partial charge in [-0.05, 0) is 50.7 Å². The zero-order chi connectivity index (χ0) is 20.0. The average molecular weight is 396 g/mol. The Morgan fingerprint density at radius 2 is 1.79 bits per heavy atom. The van der Waals surface area contributed by atoms with Crippen LogP contribution in [-0.4, -0.2) is 59.9 Å². The number of carbonyl (C=O) groups is 2. The molecule has 5 heteroatoms. The normalized spacial score (nSPS) is 29.4. The van der Waals surface area contributed by atoms with Crippen LogP contribution in [0.4, 0.5) is 0 Å². The fourth-order valence-corrected chi connectivity index (χ4v) is 6.33. The molecule has 3 aliphatic heterocycles. The maximum Gasteiger partial charge on any atom is 0.253 e. The van der Waals surface area contributed by atoms with Gasteiger partial charge in [-0.2, -0.15) is 0 Å². The second kappa shape index (κ2) is 7.42. The van der Waals surface area contributed by atoms with Crippen LogP contribution in [0.2, 0.25) is 0 Å². The highest BCUT2D eigenvalue weighted by atomic mass is 16.2. The molecule has 156 valence electrons. The zero-order valence-electron chi connectivity index (χ0n) is 17.5. The van der Waals surface area contributed by atoms with Gasteiger partial charge in [-0.15, -0.1) is 0 Å². The summed E-state index contributed by atoms with van der Waals surface area (Å²) in [6, 6.07) is 7.84. The zero-order valence-corrected chi connectivity index (χ0v) is 17.5. The molecule has 4 fully saturated rings. The van der Waals surface area contributed by atoms with Gasteiger partial charge in [0.25, 0.3) is 5.91 Å². The number of nitrogens with one attached hydrogen (secondary N) is 1. The molecule has 3 saturated heterocycles. The lowest BCUT2D eigenvalue weighted by Crippen LogP contribution is -2.56. The van der Waals surface area contributed by atoms with E-state index in [4.69, 9.17) is 0 Å². The number of hydrogen-bond acceptors (Lipinski definition) is 3. The minimum absolute atomic E-state index is 0.101. The van der Waals surface area contributed by atoms with E-state index < -0.39 is 0 Å². The topological polar surface area (TPSA) is 52.7 Å². The van der Waals surface area contributed by atoms with Gasteiger partial charge >= 0.3 is 0 Å². The standard InChI is InChI=1S/C24H33N3O2/c1-17-6-8-19(9-7-17)23(29)27-12-10-24(11-13-27)21-16-26(14-18-4-2-3-5-18)15-20(21)22(28)25-24/h6-9,18,20-21H,2-5,10-16H2,1H3,(H,25,28)/t20-,21+/m1/s1. The molecule has 0 bridgehead atoms. The fourth-order valence-electron chi connectivity index (χ4n) is 6.33. The lowest BCUT2D eigenvalue weighted by molar-refractivity contribution is -0.123. The molecule has 5 nitrogen and oxygen atoms in total. The Balaban J connectivity index is 1.23. The lowest BCUT2D eigenvalue weighted by atomic mass is 9.75. The van der Waals surface area contributed by atoms with Crippen molar-refractivity contribution in [3.8, 4) is 0 Å². The van der Waals surface area contributed by atoms with Gasteiger partial charge in [0.15, 0.2) is 0 Å². The number of piperidine rings is 1. The molecule has 0 unspecified atom stereocenters. The van der Waals surface area contributed by atoms with Crippen molar-refractivity contribution in [3.05, 3.63) is 35.4 Å². The van der Waals surface area contributed by atoms with E-state index in [9.17, 15) is 9.59 Å². The summed E-state index contributed by atoms with van der Waals surface area (Å²) in [6.07, 6.45) is 7.24. The molecular formula is C24H33N3O2. The van der Waals surface area contributed by atoms with E-state index in [0.29, 0.717) is 5.92 Å². The third kappa shape index (κ3) is 3.48. The molecule has 1 saturated carbocycles. The number of nitrogens with zero attached hydrogens (tertiary/aromatic N) is 2. The molecular weight excluding hydrogens is 362 g/mol. The van der Waals surface area contributed by atoms with Crippen LogP contribution in [0.1, 0.15) is 54.4 Å². The van der Waals surface area contributed by atoms with Crippen molar-refractivity contribution < 1.29 is 9.59 Å². The van der Waals surface area contributed by atoms with Crippen molar-refractivity contribution in [2.75, 3.05) is 32.7 Å². The Kier molecular flexibility index (Phi) is 4.89. The first-order chi connectivity index (χ1) is 14.0. The Morgan fingerprint density at radius 1 is 1.10 bits per heavy atom. The third-order valence-corrected chi connectivity index (χ3v) is 8.05. The largest absolute Gasteiger partial charge is 0.350 e. The van der Waals surface area contributed by atoms with E-state index in [1.54, 1.807) is 0 Å². The first kappa shape index (κ1) is 19.1. The number of hydrogen-bond donors (Lipinski definition) is 1. The van der Waals surface area contributed by atoms with Crippen molar-refractivity contribution >= 4 is 11.8 Å². The molecule has 1 aromatic carbocycles. The molecule has 0 radical (unpaired) electrons. The number of likely N-dealkylation sites (tertiary alicyclic amines) is 2. The predicted octanol–water partition coefficient (Wildman–Crippen LogP) is 2.84. The van der Waals surface area contributed by atoms with Crippen LogP contribution in [0.5, 0.6) is 0 Å². The summed E-state index contributed by atoms with van der Waals surface area (Å²) in [5, 5.41) is 3.39. The smallest absolute Gasteiger partial charge is 0.253 e. The molecule has 2 atom stereocenters. The van der Waals surface area contributed by atoms with E-state index in [2.05, 4.69) is 10.2 Å². The summed E-state index contributed by atoms with van der Waals surface area (Å²) < 4.78 is 0. The van der Waals surface area contributed by atoms with Crippen LogP contribution in [0.25, 0.3) is 0 Å². The van der Waals surface area contributed by atoms with Crippen LogP contribution in [0.15, 0.2) is 24.3 Å². The van der Waals surface area contributed by atoms with E-state index in [1.807, 2.05) is 36.1 Å². The number of carbonyl (C=O) groups excluding carboxylic acids is 2. The van der Waals surface area contributed by atoms with Crippen molar-refractivity contribution in [1.82, 2.24) is 15.1 Å². The molecule has 1 aliphatic carbocycles. The van der Waals surface area contributed by atoms with Crippen LogP contribution < -0.4 is 5.32 Å². The van der Waals surface area contributed by atoms with Crippen molar-refractivity contribution in [2.45, 2.75) is 51.0 Å². The van der Waals surface area contributed by atoms with Gasteiger partial charge in [-0.25, -0.2) is 0 Å². The first-order valence-electron chi connectivity index (χ1n) is 11.4. The van der Waals surface area contributed by atoms with Gasteiger partial charge in [0.05, 0.1) is 5.92 Å². The van der Waals surface area contributed by atoms with Crippen LogP contribution in [-0.2, 0) is 4.79 Å². The Bertz CT molecular complexity index is 776. The van der Waals surface area contributed by atoms with Gasteiger partial charge in [-0.3, -0.25) is 9.59 Å². The van der Waals surface area contributed by atoms with E-state index in [1.165, 1.54) is 37.8 Å². The van der Waals surface area contributed by atoms with Crippen LogP contribution in [0, 0.1) is 24.7 Å². The summed E-state index contributed by atoms with van der Waals surface area (Å²) in [5.41, 5.74) is 1.83. The summed E-state index contributed by atoms with van der Waals surface area (Å²) in [6.45, 7) is 6.66. The summed E-state index contributed by atoms with van der Waals surface area (Å²) in [5.74, 6) is 1.77. The van der Waals surface area contributed by atoms with Crippen LogP contribution >= 0.6 is 0 Å². The SMILES string of the molecule is Cc1ccc(C(=O)N2CCC3(CC2)NC(=O)[C@@H]2CN(CC4CCCC4)C[C@@H]23)cc1. The number of rotatable bonds is 3. The Labute approximate surface area is 173 Å². The Hall–Kier alpha value is -1.88. The van der Waals surface area contributed by atoms with Gasteiger partial charge in [-0.1, -0.05) is 30.5 Å². The summed E-state index contributed by atoms with van der Waals surface area (Å²) >= 11 is 0. The second-order valence-corrected chi connectivity index (χ2v) is 9.89. The molecule has 2 amide bonds. The third-order valence-electron chi connectivity index (χ3n) is 8.05. The molecule has 1 N–H and O–H groups in total.